The number of ketones is 1. The van der Waals surface area contributed by atoms with E-state index in [1.54, 1.807) is 12.1 Å². The van der Waals surface area contributed by atoms with Crippen LogP contribution in [0.4, 0.5) is 0 Å². The van der Waals surface area contributed by atoms with E-state index in [-0.39, 0.29) is 17.6 Å². The molecule has 1 aliphatic heterocycles. The lowest BCUT2D eigenvalue weighted by Crippen LogP contribution is -2.30. The van der Waals surface area contributed by atoms with E-state index < -0.39 is 9.84 Å². The number of carbonyl (C=O) groups is 1. The zero-order valence-electron chi connectivity index (χ0n) is 11.1. The van der Waals surface area contributed by atoms with E-state index in [1.807, 2.05) is 6.92 Å². The highest BCUT2D eigenvalue weighted by atomic mass is 32.2. The Morgan fingerprint density at radius 2 is 2.00 bits per heavy atom. The molecule has 1 aromatic carbocycles. The molecule has 19 heavy (non-hydrogen) atoms. The van der Waals surface area contributed by atoms with Gasteiger partial charge in [0.15, 0.2) is 15.6 Å². The molecule has 0 radical (unpaired) electrons. The van der Waals surface area contributed by atoms with Crippen molar-refractivity contribution in [2.75, 3.05) is 12.3 Å². The third kappa shape index (κ3) is 3.22. The molecule has 1 fully saturated rings. The van der Waals surface area contributed by atoms with Crippen LogP contribution >= 0.6 is 0 Å². The first-order chi connectivity index (χ1) is 9.04. The molecule has 4 nitrogen and oxygen atoms in total. The molecule has 1 saturated heterocycles. The van der Waals surface area contributed by atoms with Crippen LogP contribution in [0.15, 0.2) is 29.2 Å². The van der Waals surface area contributed by atoms with Gasteiger partial charge in [0.2, 0.25) is 0 Å². The van der Waals surface area contributed by atoms with Crippen LogP contribution in [0.1, 0.15) is 36.5 Å². The van der Waals surface area contributed by atoms with Gasteiger partial charge in [0.05, 0.1) is 16.7 Å². The Bertz CT molecular complexity index is 543. The first-order valence-corrected chi connectivity index (χ1v) is 8.30. The number of hydrogen-bond acceptors (Lipinski definition) is 4. The van der Waals surface area contributed by atoms with Crippen LogP contribution in [-0.4, -0.2) is 32.5 Å². The Morgan fingerprint density at radius 3 is 2.53 bits per heavy atom. The predicted octanol–water partition coefficient (Wildman–Crippen LogP) is 1.81. The molecular formula is C14H19NO3S. The number of nitrogens with one attached hydrogen (secondary N) is 1. The molecule has 0 bridgehead atoms. The van der Waals surface area contributed by atoms with Gasteiger partial charge in [-0.3, -0.25) is 4.79 Å². The molecule has 0 aromatic heterocycles. The molecule has 0 saturated carbocycles. The fourth-order valence-electron chi connectivity index (χ4n) is 2.32. The smallest absolute Gasteiger partial charge is 0.179 e. The lowest BCUT2D eigenvalue weighted by Gasteiger charge is -2.09. The van der Waals surface area contributed by atoms with Crippen molar-refractivity contribution < 1.29 is 13.2 Å². The van der Waals surface area contributed by atoms with Crippen LogP contribution < -0.4 is 5.32 Å². The first-order valence-electron chi connectivity index (χ1n) is 6.65. The van der Waals surface area contributed by atoms with Gasteiger partial charge < -0.3 is 5.32 Å². The van der Waals surface area contributed by atoms with E-state index in [2.05, 4.69) is 5.32 Å². The molecule has 0 aliphatic carbocycles. The fourth-order valence-corrected chi connectivity index (χ4v) is 3.65. The second-order valence-corrected chi connectivity index (χ2v) is 6.97. The maximum atomic E-state index is 12.1. The normalized spacial score (nSPS) is 19.5. The van der Waals surface area contributed by atoms with Crippen molar-refractivity contribution in [3.63, 3.8) is 0 Å². The van der Waals surface area contributed by atoms with Crippen molar-refractivity contribution in [3.8, 4) is 0 Å². The summed E-state index contributed by atoms with van der Waals surface area (Å²) >= 11 is 0. The third-order valence-electron chi connectivity index (χ3n) is 3.35. The summed E-state index contributed by atoms with van der Waals surface area (Å²) in [6.07, 6.45) is 2.46. The summed E-state index contributed by atoms with van der Waals surface area (Å²) in [5, 5.41) is 3.15. The van der Waals surface area contributed by atoms with Crippen molar-refractivity contribution in [1.29, 1.82) is 0 Å². The van der Waals surface area contributed by atoms with Crippen LogP contribution in [0.3, 0.4) is 0 Å². The molecule has 104 valence electrons. The largest absolute Gasteiger partial charge is 0.307 e. The second kappa shape index (κ2) is 5.84. The minimum absolute atomic E-state index is 0.0527. The predicted molar refractivity (Wildman–Crippen MR) is 74.1 cm³/mol. The van der Waals surface area contributed by atoms with E-state index >= 15 is 0 Å². The Balaban J connectivity index is 2.16. The first kappa shape index (κ1) is 14.2. The van der Waals surface area contributed by atoms with Gasteiger partial charge in [-0.15, -0.1) is 0 Å². The third-order valence-corrected chi connectivity index (χ3v) is 5.28. The van der Waals surface area contributed by atoms with Crippen molar-refractivity contribution in [1.82, 2.24) is 5.32 Å². The maximum absolute atomic E-state index is 12.1. The molecule has 0 amide bonds. The van der Waals surface area contributed by atoms with Crippen LogP contribution in [-0.2, 0) is 9.84 Å². The SMILES string of the molecule is CCCS(=O)(=O)c1ccc(C(=O)C2CCCN2)cc1. The van der Waals surface area contributed by atoms with Gasteiger partial charge in [-0.1, -0.05) is 19.1 Å². The second-order valence-electron chi connectivity index (χ2n) is 4.86. The Morgan fingerprint density at radius 1 is 1.32 bits per heavy atom. The van der Waals surface area contributed by atoms with Gasteiger partial charge in [0.25, 0.3) is 0 Å². The van der Waals surface area contributed by atoms with Gasteiger partial charge in [-0.05, 0) is 37.9 Å². The van der Waals surface area contributed by atoms with Crippen molar-refractivity contribution >= 4 is 15.6 Å². The molecule has 1 aliphatic rings. The zero-order chi connectivity index (χ0) is 13.9. The van der Waals surface area contributed by atoms with Gasteiger partial charge >= 0.3 is 0 Å². The number of hydrogen-bond donors (Lipinski definition) is 1. The molecule has 2 rings (SSSR count). The van der Waals surface area contributed by atoms with E-state index in [1.165, 1.54) is 12.1 Å². The van der Waals surface area contributed by atoms with E-state index in [9.17, 15) is 13.2 Å². The minimum Gasteiger partial charge on any atom is -0.307 e. The summed E-state index contributed by atoms with van der Waals surface area (Å²) in [7, 11) is -3.20. The van der Waals surface area contributed by atoms with Gasteiger partial charge in [-0.2, -0.15) is 0 Å². The van der Waals surface area contributed by atoms with Crippen molar-refractivity contribution in [2.24, 2.45) is 0 Å². The van der Waals surface area contributed by atoms with Crippen LogP contribution in [0, 0.1) is 0 Å². The number of Topliss-reactive ketones (excluding diaryl/α,β-unsaturated/α-hetero) is 1. The zero-order valence-corrected chi connectivity index (χ0v) is 11.9. The highest BCUT2D eigenvalue weighted by Gasteiger charge is 2.23. The fraction of sp³-hybridized carbons (Fsp3) is 0.500. The van der Waals surface area contributed by atoms with E-state index in [0.29, 0.717) is 16.9 Å². The Labute approximate surface area is 114 Å². The van der Waals surface area contributed by atoms with Crippen molar-refractivity contribution in [2.45, 2.75) is 37.1 Å². The molecular weight excluding hydrogens is 262 g/mol. The van der Waals surface area contributed by atoms with Crippen LogP contribution in [0.5, 0.6) is 0 Å². The Hall–Kier alpha value is -1.20. The number of benzene rings is 1. The number of sulfone groups is 1. The monoisotopic (exact) mass is 281 g/mol. The summed E-state index contributed by atoms with van der Waals surface area (Å²) in [6.45, 7) is 2.71. The highest BCUT2D eigenvalue weighted by Crippen LogP contribution is 2.16. The van der Waals surface area contributed by atoms with E-state index in [0.717, 1.165) is 19.4 Å². The molecule has 1 unspecified atom stereocenters. The Kier molecular flexibility index (Phi) is 4.37. The lowest BCUT2D eigenvalue weighted by atomic mass is 10.0. The number of carbonyl (C=O) groups excluding carboxylic acids is 1. The van der Waals surface area contributed by atoms with Gasteiger partial charge in [-0.25, -0.2) is 8.42 Å². The average molecular weight is 281 g/mol. The summed E-state index contributed by atoms with van der Waals surface area (Å²) in [6, 6.07) is 6.19. The summed E-state index contributed by atoms with van der Waals surface area (Å²) in [5.41, 5.74) is 0.579. The van der Waals surface area contributed by atoms with Crippen LogP contribution in [0.25, 0.3) is 0 Å². The van der Waals surface area contributed by atoms with Gasteiger partial charge in [0, 0.05) is 5.56 Å². The summed E-state index contributed by atoms with van der Waals surface area (Å²) < 4.78 is 23.7. The molecule has 1 aromatic rings. The molecule has 1 heterocycles. The summed E-state index contributed by atoms with van der Waals surface area (Å²) in [4.78, 5) is 12.4. The highest BCUT2D eigenvalue weighted by molar-refractivity contribution is 7.91. The standard InChI is InChI=1S/C14H19NO3S/c1-2-10-19(17,18)12-7-5-11(6-8-12)14(16)13-4-3-9-15-13/h5-8,13,15H,2-4,9-10H2,1H3. The van der Waals surface area contributed by atoms with Crippen LogP contribution in [0.2, 0.25) is 0 Å². The molecule has 1 atom stereocenters. The van der Waals surface area contributed by atoms with E-state index in [4.69, 9.17) is 0 Å². The molecule has 5 heteroatoms. The number of rotatable bonds is 5. The molecule has 1 N–H and O–H groups in total. The minimum atomic E-state index is -3.20. The van der Waals surface area contributed by atoms with Gasteiger partial charge in [0.1, 0.15) is 0 Å². The maximum Gasteiger partial charge on any atom is 0.179 e. The topological polar surface area (TPSA) is 63.2 Å². The quantitative estimate of drug-likeness (QED) is 0.836. The average Bonchev–Trinajstić information content (AvgIpc) is 2.92. The van der Waals surface area contributed by atoms with Crippen molar-refractivity contribution in [3.05, 3.63) is 29.8 Å². The summed E-state index contributed by atoms with van der Waals surface area (Å²) in [5.74, 6) is 0.196. The molecule has 0 spiro atoms. The lowest BCUT2D eigenvalue weighted by molar-refractivity contribution is 0.0952.